The fourth-order valence-electron chi connectivity index (χ4n) is 3.42. The minimum atomic E-state index is -0.226. The molecule has 7 nitrogen and oxygen atoms in total. The summed E-state index contributed by atoms with van der Waals surface area (Å²) in [5.41, 5.74) is 7.44. The van der Waals surface area contributed by atoms with E-state index in [1.54, 1.807) is 16.2 Å². The van der Waals surface area contributed by atoms with Gasteiger partial charge in [-0.05, 0) is 55.2 Å². The number of nitrogens with two attached hydrogens (primary N) is 1. The van der Waals surface area contributed by atoms with Gasteiger partial charge in [0.15, 0.2) is 5.96 Å². The molecule has 2 heterocycles. The second-order valence-electron chi connectivity index (χ2n) is 6.62. The number of carbonyl (C=O) groups is 1. The van der Waals surface area contributed by atoms with Gasteiger partial charge in [0.05, 0.1) is 19.2 Å². The summed E-state index contributed by atoms with van der Waals surface area (Å²) in [6, 6.07) is 2.66. The van der Waals surface area contributed by atoms with Crippen LogP contribution in [-0.4, -0.2) is 67.2 Å². The van der Waals surface area contributed by atoms with Gasteiger partial charge in [0.2, 0.25) is 0 Å². The van der Waals surface area contributed by atoms with Crippen LogP contribution in [0.15, 0.2) is 21.8 Å². The Morgan fingerprint density at radius 2 is 2.07 bits per heavy atom. The normalized spacial score (nSPS) is 16.6. The van der Waals surface area contributed by atoms with Crippen molar-refractivity contribution < 1.29 is 9.53 Å². The highest BCUT2D eigenvalue weighted by atomic mass is 127. The third-order valence-corrected chi connectivity index (χ3v) is 5.69. The van der Waals surface area contributed by atoms with Gasteiger partial charge in [-0.1, -0.05) is 13.8 Å². The number of nitrogens with zero attached hydrogens (tertiary/aromatic N) is 3. The van der Waals surface area contributed by atoms with Crippen molar-refractivity contribution in [1.29, 1.82) is 0 Å². The summed E-state index contributed by atoms with van der Waals surface area (Å²) < 4.78 is 5.06. The molecule has 1 saturated heterocycles. The lowest BCUT2D eigenvalue weighted by atomic mass is 10.1. The molecule has 0 bridgehead atoms. The minimum Gasteiger partial charge on any atom is -0.450 e. The summed E-state index contributed by atoms with van der Waals surface area (Å²) in [4.78, 5) is 20.5. The maximum absolute atomic E-state index is 11.8. The number of thiophene rings is 1. The van der Waals surface area contributed by atoms with Crippen LogP contribution >= 0.6 is 35.3 Å². The molecule has 9 heteroatoms. The molecule has 1 aliphatic heterocycles. The van der Waals surface area contributed by atoms with E-state index in [1.807, 2.05) is 6.92 Å². The zero-order chi connectivity index (χ0) is 19.6. The van der Waals surface area contributed by atoms with Crippen molar-refractivity contribution in [1.82, 2.24) is 15.1 Å². The highest BCUT2D eigenvalue weighted by Gasteiger charge is 2.24. The molecule has 3 N–H and O–H groups in total. The summed E-state index contributed by atoms with van der Waals surface area (Å²) in [6.45, 7) is 10.5. The lowest BCUT2D eigenvalue weighted by Gasteiger charge is -2.32. The number of carbonyl (C=O) groups excluding carboxylic acids is 1. The number of nitrogens with one attached hydrogen (secondary N) is 1. The number of amides is 1. The molecule has 1 aliphatic rings. The van der Waals surface area contributed by atoms with E-state index in [2.05, 4.69) is 45.9 Å². The maximum Gasteiger partial charge on any atom is 0.409 e. The predicted molar refractivity (Wildman–Crippen MR) is 127 cm³/mol. The molecule has 0 spiro atoms. The Hall–Kier alpha value is -1.07. The first-order valence-electron chi connectivity index (χ1n) is 9.83. The number of hydrogen-bond acceptors (Lipinski definition) is 5. The van der Waals surface area contributed by atoms with Gasteiger partial charge >= 0.3 is 6.09 Å². The minimum absolute atomic E-state index is 0. The van der Waals surface area contributed by atoms with Gasteiger partial charge in [-0.25, -0.2) is 4.79 Å². The molecule has 160 valence electrons. The number of aliphatic imine (C=N–C) groups is 1. The van der Waals surface area contributed by atoms with Crippen molar-refractivity contribution in [2.75, 3.05) is 39.3 Å². The van der Waals surface area contributed by atoms with Gasteiger partial charge in [-0.3, -0.25) is 9.89 Å². The predicted octanol–water partition coefficient (Wildman–Crippen LogP) is 3.27. The summed E-state index contributed by atoms with van der Waals surface area (Å²) in [5.74, 6) is 0.483. The maximum atomic E-state index is 11.8. The summed E-state index contributed by atoms with van der Waals surface area (Å²) in [6.07, 6.45) is 1.47. The van der Waals surface area contributed by atoms with Gasteiger partial charge in [-0.2, -0.15) is 11.3 Å². The molecule has 1 aromatic heterocycles. The SMILES string of the molecule is CCOC(=O)N1CCC(NC(N)=NCC(c2ccsc2)N(CC)CC)CC1.I. The first kappa shape index (κ1) is 25.0. The number of piperidine rings is 1. The number of halogens is 1. The average Bonchev–Trinajstić information content (AvgIpc) is 3.20. The summed E-state index contributed by atoms with van der Waals surface area (Å²) in [5, 5.41) is 7.61. The van der Waals surface area contributed by atoms with Crippen molar-refractivity contribution in [2.24, 2.45) is 10.7 Å². The van der Waals surface area contributed by atoms with E-state index in [1.165, 1.54) is 5.56 Å². The largest absolute Gasteiger partial charge is 0.450 e. The van der Waals surface area contributed by atoms with Crippen LogP contribution in [0.3, 0.4) is 0 Å². The smallest absolute Gasteiger partial charge is 0.409 e. The molecule has 0 aliphatic carbocycles. The van der Waals surface area contributed by atoms with Crippen LogP contribution < -0.4 is 11.1 Å². The standard InChI is InChI=1S/C19H33N5O2S.HI/c1-4-23(5-2)17(15-9-12-27-14-15)13-21-18(20)22-16-7-10-24(11-8-16)19(25)26-6-3;/h9,12,14,16-17H,4-8,10-11,13H2,1-3H3,(H3,20,21,22);1H. The molecule has 28 heavy (non-hydrogen) atoms. The molecule has 2 rings (SSSR count). The van der Waals surface area contributed by atoms with Crippen molar-refractivity contribution in [3.63, 3.8) is 0 Å². The number of hydrogen-bond donors (Lipinski definition) is 2. The summed E-state index contributed by atoms with van der Waals surface area (Å²) in [7, 11) is 0. The van der Waals surface area contributed by atoms with E-state index in [-0.39, 0.29) is 42.2 Å². The first-order chi connectivity index (χ1) is 13.1. The molecule has 1 fully saturated rings. The molecule has 0 saturated carbocycles. The van der Waals surface area contributed by atoms with E-state index in [0.717, 1.165) is 25.9 Å². The van der Waals surface area contributed by atoms with Gasteiger partial charge in [0.25, 0.3) is 0 Å². The Balaban J connectivity index is 0.00000392. The van der Waals surface area contributed by atoms with Crippen molar-refractivity contribution in [2.45, 2.75) is 45.7 Å². The van der Waals surface area contributed by atoms with Crippen LogP contribution in [0.4, 0.5) is 4.79 Å². The lowest BCUT2D eigenvalue weighted by Crippen LogP contribution is -2.48. The van der Waals surface area contributed by atoms with Gasteiger partial charge < -0.3 is 20.7 Å². The van der Waals surface area contributed by atoms with Gasteiger partial charge in [-0.15, -0.1) is 24.0 Å². The average molecular weight is 523 g/mol. The first-order valence-corrected chi connectivity index (χ1v) is 10.8. The number of likely N-dealkylation sites (tertiary alicyclic amines) is 1. The molecule has 1 aromatic rings. The van der Waals surface area contributed by atoms with Gasteiger partial charge in [0.1, 0.15) is 0 Å². The molecule has 1 atom stereocenters. The molecule has 1 amide bonds. The topological polar surface area (TPSA) is 83.2 Å². The van der Waals surface area contributed by atoms with Gasteiger partial charge in [0, 0.05) is 19.1 Å². The van der Waals surface area contributed by atoms with E-state index in [4.69, 9.17) is 10.5 Å². The van der Waals surface area contributed by atoms with Crippen LogP contribution in [0.25, 0.3) is 0 Å². The van der Waals surface area contributed by atoms with E-state index < -0.39 is 0 Å². The monoisotopic (exact) mass is 523 g/mol. The van der Waals surface area contributed by atoms with Crippen LogP contribution in [0.1, 0.15) is 45.2 Å². The van der Waals surface area contributed by atoms with Crippen molar-refractivity contribution >= 4 is 47.4 Å². The Labute approximate surface area is 189 Å². The molecular weight excluding hydrogens is 489 g/mol. The zero-order valence-electron chi connectivity index (χ0n) is 17.1. The van der Waals surface area contributed by atoms with Crippen molar-refractivity contribution in [3.05, 3.63) is 22.4 Å². The Morgan fingerprint density at radius 1 is 1.39 bits per heavy atom. The second-order valence-corrected chi connectivity index (χ2v) is 7.40. The van der Waals surface area contributed by atoms with Crippen LogP contribution in [0.2, 0.25) is 0 Å². The molecule has 0 radical (unpaired) electrons. The zero-order valence-corrected chi connectivity index (χ0v) is 20.2. The number of likely N-dealkylation sites (N-methyl/N-ethyl adjacent to an activating group) is 1. The molecule has 1 unspecified atom stereocenters. The number of ether oxygens (including phenoxy) is 1. The third kappa shape index (κ3) is 7.40. The number of rotatable bonds is 8. The number of guanidine groups is 1. The van der Waals surface area contributed by atoms with Crippen LogP contribution in [0, 0.1) is 0 Å². The molecular formula is C19H34IN5O2S. The Kier molecular flexibility index (Phi) is 11.8. The van der Waals surface area contributed by atoms with Crippen molar-refractivity contribution in [3.8, 4) is 0 Å². The highest BCUT2D eigenvalue weighted by molar-refractivity contribution is 14.0. The third-order valence-electron chi connectivity index (χ3n) is 4.99. The van der Waals surface area contributed by atoms with Crippen LogP contribution in [0.5, 0.6) is 0 Å². The van der Waals surface area contributed by atoms with E-state index in [0.29, 0.717) is 32.2 Å². The van der Waals surface area contributed by atoms with E-state index >= 15 is 0 Å². The highest BCUT2D eigenvalue weighted by Crippen LogP contribution is 2.23. The Bertz CT molecular complexity index is 587. The second kappa shape index (κ2) is 13.2. The fourth-order valence-corrected chi connectivity index (χ4v) is 4.13. The Morgan fingerprint density at radius 3 is 2.61 bits per heavy atom. The lowest BCUT2D eigenvalue weighted by molar-refractivity contribution is 0.0963. The molecule has 0 aromatic carbocycles. The fraction of sp³-hybridized carbons (Fsp3) is 0.684. The quantitative estimate of drug-likeness (QED) is 0.311. The summed E-state index contributed by atoms with van der Waals surface area (Å²) >= 11 is 1.71. The van der Waals surface area contributed by atoms with Crippen LogP contribution in [-0.2, 0) is 4.74 Å². The van der Waals surface area contributed by atoms with E-state index in [9.17, 15) is 4.79 Å².